The molecule has 1 fully saturated rings. The van der Waals surface area contributed by atoms with Crippen LogP contribution in [0.15, 0.2) is 42.5 Å². The number of hydrogen-bond donors (Lipinski definition) is 1. The third-order valence-corrected chi connectivity index (χ3v) is 5.31. The van der Waals surface area contributed by atoms with Crippen LogP contribution in [0, 0.1) is 12.7 Å². The molecule has 0 saturated heterocycles. The number of aromatic nitrogens is 4. The Hall–Kier alpha value is -2.80. The summed E-state index contributed by atoms with van der Waals surface area (Å²) in [4.78, 5) is 13.1. The van der Waals surface area contributed by atoms with Crippen LogP contribution in [0.4, 0.5) is 10.1 Å². The molecular formula is C19H17ClFN5O. The smallest absolute Gasteiger partial charge is 0.235 e. The summed E-state index contributed by atoms with van der Waals surface area (Å²) >= 11 is 6.11. The van der Waals surface area contributed by atoms with Gasteiger partial charge in [0.15, 0.2) is 5.82 Å². The molecule has 138 valence electrons. The van der Waals surface area contributed by atoms with E-state index in [0.717, 1.165) is 24.8 Å². The molecule has 6 nitrogen and oxygen atoms in total. The maximum atomic E-state index is 14.2. The zero-order valence-electron chi connectivity index (χ0n) is 14.6. The van der Waals surface area contributed by atoms with Crippen LogP contribution in [0.1, 0.15) is 30.7 Å². The normalized spacial score (nSPS) is 15.2. The third kappa shape index (κ3) is 3.08. The van der Waals surface area contributed by atoms with E-state index in [-0.39, 0.29) is 11.6 Å². The second kappa shape index (κ2) is 6.74. The van der Waals surface area contributed by atoms with Crippen LogP contribution in [0.2, 0.25) is 5.02 Å². The van der Waals surface area contributed by atoms with Gasteiger partial charge in [-0.15, -0.1) is 5.10 Å². The predicted molar refractivity (Wildman–Crippen MR) is 99.5 cm³/mol. The summed E-state index contributed by atoms with van der Waals surface area (Å²) in [6, 6.07) is 11.7. The van der Waals surface area contributed by atoms with Crippen LogP contribution in [0.5, 0.6) is 0 Å². The number of amides is 1. The van der Waals surface area contributed by atoms with E-state index in [1.54, 1.807) is 13.0 Å². The van der Waals surface area contributed by atoms with Gasteiger partial charge in [-0.3, -0.25) is 4.79 Å². The van der Waals surface area contributed by atoms with Gasteiger partial charge in [-0.2, -0.15) is 4.68 Å². The highest BCUT2D eigenvalue weighted by atomic mass is 35.5. The first-order valence-corrected chi connectivity index (χ1v) is 9.00. The Morgan fingerprint density at radius 2 is 2.07 bits per heavy atom. The molecule has 2 aromatic carbocycles. The number of rotatable bonds is 4. The largest absolute Gasteiger partial charge is 0.325 e. The highest BCUT2D eigenvalue weighted by Crippen LogP contribution is 2.45. The number of carbonyl (C=O) groups excluding carboxylic acids is 1. The second-order valence-corrected chi connectivity index (χ2v) is 7.14. The Labute approximate surface area is 160 Å². The van der Waals surface area contributed by atoms with Crippen LogP contribution < -0.4 is 5.32 Å². The standard InChI is InChI=1S/C19H17ClFN5O/c1-12-23-24-25-26(12)17-11-15(6-7-16(17)21)22-18(27)19(8-3-9-19)13-4-2-5-14(20)10-13/h2,4-7,10-11H,3,8-9H2,1H3,(H,22,27). The van der Waals surface area contributed by atoms with E-state index in [9.17, 15) is 9.18 Å². The fraction of sp³-hybridized carbons (Fsp3) is 0.263. The molecule has 0 spiro atoms. The van der Waals surface area contributed by atoms with Gasteiger partial charge in [-0.05, 0) is 66.1 Å². The molecule has 0 unspecified atom stereocenters. The minimum Gasteiger partial charge on any atom is -0.325 e. The summed E-state index contributed by atoms with van der Waals surface area (Å²) in [6.07, 6.45) is 2.47. The van der Waals surface area contributed by atoms with E-state index in [2.05, 4.69) is 20.8 Å². The molecule has 1 aliphatic carbocycles. The molecule has 8 heteroatoms. The van der Waals surface area contributed by atoms with Crippen LogP contribution in [0.3, 0.4) is 0 Å². The van der Waals surface area contributed by atoms with Gasteiger partial charge >= 0.3 is 0 Å². The molecular weight excluding hydrogens is 369 g/mol. The zero-order valence-corrected chi connectivity index (χ0v) is 15.4. The Morgan fingerprint density at radius 1 is 1.26 bits per heavy atom. The Morgan fingerprint density at radius 3 is 2.70 bits per heavy atom. The van der Waals surface area contributed by atoms with Gasteiger partial charge in [-0.25, -0.2) is 4.39 Å². The number of hydrogen-bond acceptors (Lipinski definition) is 4. The highest BCUT2D eigenvalue weighted by Gasteiger charge is 2.45. The van der Waals surface area contributed by atoms with Crippen molar-refractivity contribution in [3.05, 3.63) is 64.7 Å². The minimum atomic E-state index is -0.607. The summed E-state index contributed by atoms with van der Waals surface area (Å²) in [5.41, 5.74) is 0.960. The number of benzene rings is 2. The number of carbonyl (C=O) groups is 1. The van der Waals surface area contributed by atoms with Gasteiger partial charge in [0, 0.05) is 10.7 Å². The predicted octanol–water partition coefficient (Wildman–Crippen LogP) is 3.82. The van der Waals surface area contributed by atoms with Crippen molar-refractivity contribution < 1.29 is 9.18 Å². The number of tetrazole rings is 1. The number of aryl methyl sites for hydroxylation is 1. The molecule has 4 rings (SSSR count). The van der Waals surface area contributed by atoms with Crippen molar-refractivity contribution in [1.82, 2.24) is 20.2 Å². The molecule has 3 aromatic rings. The summed E-state index contributed by atoms with van der Waals surface area (Å²) in [5, 5.41) is 14.6. The molecule has 1 N–H and O–H groups in total. The van der Waals surface area contributed by atoms with Gasteiger partial charge < -0.3 is 5.32 Å². The van der Waals surface area contributed by atoms with Crippen molar-refractivity contribution in [2.24, 2.45) is 0 Å². The molecule has 1 saturated carbocycles. The van der Waals surface area contributed by atoms with E-state index >= 15 is 0 Å². The highest BCUT2D eigenvalue weighted by molar-refractivity contribution is 6.30. The molecule has 1 heterocycles. The van der Waals surface area contributed by atoms with Crippen molar-refractivity contribution in [3.8, 4) is 5.69 Å². The molecule has 1 aromatic heterocycles. The fourth-order valence-corrected chi connectivity index (χ4v) is 3.61. The lowest BCUT2D eigenvalue weighted by Gasteiger charge is -2.40. The summed E-state index contributed by atoms with van der Waals surface area (Å²) < 4.78 is 15.5. The second-order valence-electron chi connectivity index (χ2n) is 6.70. The molecule has 0 bridgehead atoms. The van der Waals surface area contributed by atoms with E-state index in [0.29, 0.717) is 16.5 Å². The average molecular weight is 386 g/mol. The third-order valence-electron chi connectivity index (χ3n) is 5.08. The Kier molecular flexibility index (Phi) is 4.39. The van der Waals surface area contributed by atoms with Crippen molar-refractivity contribution in [2.45, 2.75) is 31.6 Å². The van der Waals surface area contributed by atoms with Crippen molar-refractivity contribution in [3.63, 3.8) is 0 Å². The van der Waals surface area contributed by atoms with Crippen LogP contribution in [-0.2, 0) is 10.2 Å². The number of halogens is 2. The first-order chi connectivity index (χ1) is 13.0. The van der Waals surface area contributed by atoms with E-state index < -0.39 is 11.2 Å². The molecule has 0 aliphatic heterocycles. The van der Waals surface area contributed by atoms with Gasteiger partial charge in [0.25, 0.3) is 0 Å². The maximum Gasteiger partial charge on any atom is 0.235 e. The van der Waals surface area contributed by atoms with Crippen molar-refractivity contribution in [2.75, 3.05) is 5.32 Å². The van der Waals surface area contributed by atoms with Crippen LogP contribution >= 0.6 is 11.6 Å². The average Bonchev–Trinajstić information content (AvgIpc) is 3.01. The number of nitrogens with one attached hydrogen (secondary N) is 1. The lowest BCUT2D eigenvalue weighted by atomic mass is 9.64. The Bertz CT molecular complexity index is 1010. The van der Waals surface area contributed by atoms with E-state index in [1.165, 1.54) is 22.9 Å². The number of anilines is 1. The van der Waals surface area contributed by atoms with E-state index in [1.807, 2.05) is 18.2 Å². The number of nitrogens with zero attached hydrogens (tertiary/aromatic N) is 4. The first-order valence-electron chi connectivity index (χ1n) is 8.62. The maximum absolute atomic E-state index is 14.2. The zero-order chi connectivity index (χ0) is 19.0. The van der Waals surface area contributed by atoms with Crippen LogP contribution in [-0.4, -0.2) is 26.1 Å². The minimum absolute atomic E-state index is 0.123. The fourth-order valence-electron chi connectivity index (χ4n) is 3.42. The van der Waals surface area contributed by atoms with Gasteiger partial charge in [0.2, 0.25) is 5.91 Å². The first kappa shape index (κ1) is 17.6. The monoisotopic (exact) mass is 385 g/mol. The molecule has 1 amide bonds. The molecule has 0 atom stereocenters. The van der Waals surface area contributed by atoms with Crippen molar-refractivity contribution in [1.29, 1.82) is 0 Å². The summed E-state index contributed by atoms with van der Waals surface area (Å²) in [7, 11) is 0. The van der Waals surface area contributed by atoms with Gasteiger partial charge in [0.05, 0.1) is 5.41 Å². The topological polar surface area (TPSA) is 72.7 Å². The SMILES string of the molecule is Cc1nnnn1-c1cc(NC(=O)C2(c3cccc(Cl)c3)CCC2)ccc1F. The lowest BCUT2D eigenvalue weighted by molar-refractivity contribution is -0.124. The summed E-state index contributed by atoms with van der Waals surface area (Å²) in [6.45, 7) is 1.67. The van der Waals surface area contributed by atoms with Crippen LogP contribution in [0.25, 0.3) is 5.69 Å². The summed E-state index contributed by atoms with van der Waals surface area (Å²) in [5.74, 6) is -0.148. The van der Waals surface area contributed by atoms with Gasteiger partial charge in [-0.1, -0.05) is 30.2 Å². The molecule has 0 radical (unpaired) electrons. The quantitative estimate of drug-likeness (QED) is 0.740. The van der Waals surface area contributed by atoms with Crippen molar-refractivity contribution >= 4 is 23.2 Å². The van der Waals surface area contributed by atoms with E-state index in [4.69, 9.17) is 11.6 Å². The van der Waals surface area contributed by atoms with Gasteiger partial charge in [0.1, 0.15) is 11.5 Å². The molecule has 1 aliphatic rings. The molecule has 27 heavy (non-hydrogen) atoms. The lowest BCUT2D eigenvalue weighted by Crippen LogP contribution is -2.46. The Balaban J connectivity index is 1.64.